The molecule has 0 spiro atoms. The first-order valence-electron chi connectivity index (χ1n) is 9.75. The van der Waals surface area contributed by atoms with Crippen LogP contribution in [0.25, 0.3) is 0 Å². The Hall–Kier alpha value is -1.58. The Bertz CT molecular complexity index is 632. The smallest absolute Gasteiger partial charge is 0.328 e. The molecular formula is C22H34O4. The van der Waals surface area contributed by atoms with E-state index in [1.165, 1.54) is 18.6 Å². The lowest BCUT2D eigenvalue weighted by Gasteiger charge is -2.60. The largest absolute Gasteiger partial charge is 0.478 e. The molecule has 146 valence electrons. The molecule has 0 heterocycles. The lowest BCUT2D eigenvalue weighted by Crippen LogP contribution is -2.55. The van der Waals surface area contributed by atoms with Gasteiger partial charge in [-0.25, -0.2) is 4.79 Å². The second-order valence-electron chi connectivity index (χ2n) is 8.91. The van der Waals surface area contributed by atoms with E-state index in [4.69, 9.17) is 9.84 Å². The Labute approximate surface area is 157 Å². The minimum absolute atomic E-state index is 0.00373. The van der Waals surface area contributed by atoms with Crippen molar-refractivity contribution in [3.05, 3.63) is 23.3 Å². The van der Waals surface area contributed by atoms with Crippen LogP contribution in [0.3, 0.4) is 0 Å². The number of allylic oxidation sites excluding steroid dienone is 3. The van der Waals surface area contributed by atoms with Crippen LogP contribution in [0.5, 0.6) is 0 Å². The summed E-state index contributed by atoms with van der Waals surface area (Å²) in [5.74, 6) is -0.346. The molecule has 0 radical (unpaired) electrons. The quantitative estimate of drug-likeness (QED) is 0.418. The lowest BCUT2D eigenvalue weighted by atomic mass is 9.46. The van der Waals surface area contributed by atoms with Crippen molar-refractivity contribution in [2.24, 2.45) is 22.7 Å². The second kappa shape index (κ2) is 7.58. The minimum Gasteiger partial charge on any atom is -0.478 e. The normalized spacial score (nSPS) is 37.5. The summed E-state index contributed by atoms with van der Waals surface area (Å²) in [5.41, 5.74) is 2.33. The Balaban J connectivity index is 2.37. The van der Waals surface area contributed by atoms with E-state index in [1.54, 1.807) is 0 Å². The van der Waals surface area contributed by atoms with Crippen LogP contribution in [0.15, 0.2) is 23.3 Å². The number of carboxylic acids is 1. The van der Waals surface area contributed by atoms with Gasteiger partial charge in [0.15, 0.2) is 0 Å². The van der Waals surface area contributed by atoms with Gasteiger partial charge >= 0.3 is 11.9 Å². The molecule has 4 heteroatoms. The van der Waals surface area contributed by atoms with Gasteiger partial charge in [-0.3, -0.25) is 4.79 Å². The number of hydrogen-bond donors (Lipinski definition) is 1. The Morgan fingerprint density at radius 2 is 2.00 bits per heavy atom. The van der Waals surface area contributed by atoms with Gasteiger partial charge < -0.3 is 9.84 Å². The second-order valence-corrected chi connectivity index (χ2v) is 8.91. The molecule has 26 heavy (non-hydrogen) atoms. The molecule has 2 aliphatic rings. The maximum absolute atomic E-state index is 11.7. The fraction of sp³-hybridized carbons (Fsp3) is 0.727. The van der Waals surface area contributed by atoms with Crippen molar-refractivity contribution >= 4 is 11.9 Å². The third kappa shape index (κ3) is 3.89. The average molecular weight is 363 g/mol. The van der Waals surface area contributed by atoms with E-state index in [0.717, 1.165) is 37.7 Å². The van der Waals surface area contributed by atoms with Crippen molar-refractivity contribution in [3.8, 4) is 0 Å². The van der Waals surface area contributed by atoms with Crippen molar-refractivity contribution in [3.63, 3.8) is 0 Å². The number of carbonyl (C=O) groups is 2. The Morgan fingerprint density at radius 3 is 2.58 bits per heavy atom. The van der Waals surface area contributed by atoms with Gasteiger partial charge in [0.25, 0.3) is 0 Å². The van der Waals surface area contributed by atoms with Crippen LogP contribution in [0, 0.1) is 22.7 Å². The Kier molecular flexibility index (Phi) is 6.04. The molecule has 2 rings (SSSR count). The zero-order valence-corrected chi connectivity index (χ0v) is 17.1. The monoisotopic (exact) mass is 362 g/mol. The van der Waals surface area contributed by atoms with Crippen molar-refractivity contribution in [1.29, 1.82) is 0 Å². The van der Waals surface area contributed by atoms with Gasteiger partial charge in [0.1, 0.15) is 6.10 Å². The minimum atomic E-state index is -0.886. The SMILES string of the molecule is CC(=O)O[C@@H]1C[C@]2(C)C(C)=CCC[C@@H]2[C@@](C)(CC/C(C)=C\C(=O)O)[C@@H]1C. The summed E-state index contributed by atoms with van der Waals surface area (Å²) in [6.07, 6.45) is 8.34. The van der Waals surface area contributed by atoms with E-state index in [2.05, 4.69) is 33.8 Å². The highest BCUT2D eigenvalue weighted by Gasteiger charge is 2.57. The first-order valence-corrected chi connectivity index (χ1v) is 9.75. The molecule has 0 unspecified atom stereocenters. The fourth-order valence-corrected chi connectivity index (χ4v) is 5.50. The van der Waals surface area contributed by atoms with Crippen molar-refractivity contribution in [2.75, 3.05) is 0 Å². The van der Waals surface area contributed by atoms with Crippen LogP contribution in [-0.4, -0.2) is 23.1 Å². The van der Waals surface area contributed by atoms with Gasteiger partial charge in [-0.05, 0) is 68.6 Å². The predicted molar refractivity (Wildman–Crippen MR) is 103 cm³/mol. The van der Waals surface area contributed by atoms with Crippen LogP contribution in [0.1, 0.15) is 73.6 Å². The highest BCUT2D eigenvalue weighted by Crippen LogP contribution is 2.62. The number of carboxylic acid groups (broad SMARTS) is 1. The Morgan fingerprint density at radius 1 is 1.35 bits per heavy atom. The van der Waals surface area contributed by atoms with Gasteiger partial charge in [-0.2, -0.15) is 0 Å². The fourth-order valence-electron chi connectivity index (χ4n) is 5.50. The van der Waals surface area contributed by atoms with Crippen molar-refractivity contribution in [2.45, 2.75) is 79.8 Å². The summed E-state index contributed by atoms with van der Waals surface area (Å²) in [6, 6.07) is 0. The molecule has 0 saturated heterocycles. The summed E-state index contributed by atoms with van der Waals surface area (Å²) >= 11 is 0. The molecule has 0 aromatic rings. The summed E-state index contributed by atoms with van der Waals surface area (Å²) < 4.78 is 5.76. The summed E-state index contributed by atoms with van der Waals surface area (Å²) in [6.45, 7) is 12.4. The van der Waals surface area contributed by atoms with Gasteiger partial charge in [-0.15, -0.1) is 0 Å². The van der Waals surface area contributed by atoms with Crippen molar-refractivity contribution < 1.29 is 19.4 Å². The molecule has 4 nitrogen and oxygen atoms in total. The number of aliphatic carboxylic acids is 1. The molecule has 1 fully saturated rings. The molecule has 0 aromatic carbocycles. The van der Waals surface area contributed by atoms with Crippen LogP contribution < -0.4 is 0 Å². The van der Waals surface area contributed by atoms with E-state index < -0.39 is 5.97 Å². The highest BCUT2D eigenvalue weighted by molar-refractivity contribution is 5.80. The summed E-state index contributed by atoms with van der Waals surface area (Å²) in [4.78, 5) is 22.6. The van der Waals surface area contributed by atoms with Crippen LogP contribution in [-0.2, 0) is 14.3 Å². The van der Waals surface area contributed by atoms with Crippen LogP contribution in [0.2, 0.25) is 0 Å². The number of rotatable bonds is 5. The van der Waals surface area contributed by atoms with E-state index >= 15 is 0 Å². The molecular weight excluding hydrogens is 328 g/mol. The maximum Gasteiger partial charge on any atom is 0.328 e. The van der Waals surface area contributed by atoms with Crippen LogP contribution >= 0.6 is 0 Å². The molecule has 0 aromatic heterocycles. The van der Waals surface area contributed by atoms with Crippen LogP contribution in [0.4, 0.5) is 0 Å². The third-order valence-corrected chi connectivity index (χ3v) is 7.34. The first kappa shape index (κ1) is 20.7. The van der Waals surface area contributed by atoms with Gasteiger partial charge in [0.05, 0.1) is 0 Å². The number of hydrogen-bond acceptors (Lipinski definition) is 3. The number of ether oxygens (including phenoxy) is 1. The molecule has 0 aliphatic heterocycles. The zero-order valence-electron chi connectivity index (χ0n) is 17.1. The topological polar surface area (TPSA) is 63.6 Å². The molecule has 0 amide bonds. The van der Waals surface area contributed by atoms with Gasteiger partial charge in [0, 0.05) is 13.0 Å². The van der Waals surface area contributed by atoms with E-state index in [-0.39, 0.29) is 28.8 Å². The molecule has 2 aliphatic carbocycles. The summed E-state index contributed by atoms with van der Waals surface area (Å²) in [5, 5.41) is 9.00. The van der Waals surface area contributed by atoms with Gasteiger partial charge in [-0.1, -0.05) is 38.0 Å². The maximum atomic E-state index is 11.7. The third-order valence-electron chi connectivity index (χ3n) is 7.34. The average Bonchev–Trinajstić information content (AvgIpc) is 2.52. The lowest BCUT2D eigenvalue weighted by molar-refractivity contribution is -0.169. The standard InChI is InChI=1S/C22H34O4/c1-14(12-20(24)25)10-11-21(5)16(3)18(26-17(4)23)13-22(6)15(2)8-7-9-19(21)22/h8,12,16,18-19H,7,9-11,13H2,1-6H3,(H,24,25)/b14-12-/t16-,18-,19-,21+,22-/m1/s1. The zero-order chi connectivity index (χ0) is 19.7. The summed E-state index contributed by atoms with van der Waals surface area (Å²) in [7, 11) is 0. The predicted octanol–water partition coefficient (Wildman–Crippen LogP) is 5.14. The van der Waals surface area contributed by atoms with E-state index in [1.807, 2.05) is 6.92 Å². The number of esters is 1. The first-order chi connectivity index (χ1) is 12.0. The number of fused-ring (bicyclic) bond motifs is 1. The molecule has 5 atom stereocenters. The highest BCUT2D eigenvalue weighted by atomic mass is 16.5. The molecule has 0 bridgehead atoms. The van der Waals surface area contributed by atoms with Gasteiger partial charge in [0.2, 0.25) is 0 Å². The van der Waals surface area contributed by atoms with E-state index in [0.29, 0.717) is 5.92 Å². The van der Waals surface area contributed by atoms with E-state index in [9.17, 15) is 9.59 Å². The molecule has 1 saturated carbocycles. The number of carbonyl (C=O) groups excluding carboxylic acids is 1. The molecule has 1 N–H and O–H groups in total. The van der Waals surface area contributed by atoms with Crippen molar-refractivity contribution in [1.82, 2.24) is 0 Å².